The summed E-state index contributed by atoms with van der Waals surface area (Å²) in [5.41, 5.74) is 5.11. The van der Waals surface area contributed by atoms with Crippen LogP contribution < -0.4 is 16.0 Å². The Bertz CT molecular complexity index is 1190. The van der Waals surface area contributed by atoms with Gasteiger partial charge in [0, 0.05) is 22.5 Å². The highest BCUT2D eigenvalue weighted by atomic mass is 35.5. The molecular formula is C24H21ClN4OS. The predicted molar refractivity (Wildman–Crippen MR) is 131 cm³/mol. The molecule has 4 rings (SSSR count). The fraction of sp³-hybridized carbons (Fsp3) is 0.0833. The van der Waals surface area contributed by atoms with E-state index < -0.39 is 0 Å². The molecule has 0 aliphatic heterocycles. The molecule has 3 N–H and O–H groups in total. The zero-order valence-electron chi connectivity index (χ0n) is 16.9. The van der Waals surface area contributed by atoms with Crippen molar-refractivity contribution in [2.75, 3.05) is 16.0 Å². The fourth-order valence-corrected chi connectivity index (χ4v) is 4.14. The molecule has 2 aromatic carbocycles. The average molecular weight is 449 g/mol. The molecule has 0 fully saturated rings. The number of halogens is 1. The summed E-state index contributed by atoms with van der Waals surface area (Å²) < 4.78 is 0. The molecule has 156 valence electrons. The summed E-state index contributed by atoms with van der Waals surface area (Å²) in [5, 5.41) is 11.3. The van der Waals surface area contributed by atoms with Gasteiger partial charge in [0.05, 0.1) is 21.9 Å². The highest BCUT2D eigenvalue weighted by Crippen LogP contribution is 2.31. The van der Waals surface area contributed by atoms with Crippen molar-refractivity contribution in [3.8, 4) is 11.1 Å². The van der Waals surface area contributed by atoms with Crippen molar-refractivity contribution in [2.24, 2.45) is 0 Å². The number of hydrogen-bond acceptors (Lipinski definition) is 4. The second-order valence-electron chi connectivity index (χ2n) is 6.85. The maximum atomic E-state index is 12.2. The second-order valence-corrected chi connectivity index (χ2v) is 8.37. The van der Waals surface area contributed by atoms with E-state index in [-0.39, 0.29) is 6.03 Å². The third-order valence-corrected chi connectivity index (χ3v) is 5.83. The largest absolute Gasteiger partial charge is 0.346 e. The molecule has 0 spiro atoms. The molecule has 0 atom stereocenters. The number of aromatic nitrogens is 1. The van der Waals surface area contributed by atoms with Crippen molar-refractivity contribution in [1.82, 2.24) is 4.98 Å². The van der Waals surface area contributed by atoms with Crippen LogP contribution in [0, 0.1) is 0 Å². The van der Waals surface area contributed by atoms with E-state index in [0.29, 0.717) is 10.7 Å². The highest BCUT2D eigenvalue weighted by molar-refractivity contribution is 7.20. The van der Waals surface area contributed by atoms with E-state index in [1.165, 1.54) is 22.5 Å². The van der Waals surface area contributed by atoms with Crippen molar-refractivity contribution >= 4 is 50.3 Å². The smallest absolute Gasteiger partial charge is 0.324 e. The van der Waals surface area contributed by atoms with Crippen molar-refractivity contribution in [2.45, 2.75) is 13.3 Å². The lowest BCUT2D eigenvalue weighted by atomic mass is 9.99. The minimum Gasteiger partial charge on any atom is -0.346 e. The second kappa shape index (κ2) is 9.64. The third kappa shape index (κ3) is 5.42. The van der Waals surface area contributed by atoms with Crippen molar-refractivity contribution < 1.29 is 4.79 Å². The first-order valence-electron chi connectivity index (χ1n) is 9.84. The molecule has 7 heteroatoms. The van der Waals surface area contributed by atoms with Gasteiger partial charge in [-0.25, -0.2) is 4.79 Å². The van der Waals surface area contributed by atoms with Crippen molar-refractivity contribution in [1.29, 1.82) is 0 Å². The van der Waals surface area contributed by atoms with Gasteiger partial charge in [-0.15, -0.1) is 11.3 Å². The molecular weight excluding hydrogens is 428 g/mol. The molecule has 0 bridgehead atoms. The molecule has 0 saturated heterocycles. The maximum Gasteiger partial charge on any atom is 0.324 e. The van der Waals surface area contributed by atoms with E-state index in [1.54, 1.807) is 30.5 Å². The molecule has 0 saturated carbocycles. The van der Waals surface area contributed by atoms with Crippen LogP contribution in [-0.4, -0.2) is 11.0 Å². The van der Waals surface area contributed by atoms with Gasteiger partial charge in [-0.3, -0.25) is 10.3 Å². The number of amides is 2. The summed E-state index contributed by atoms with van der Waals surface area (Å²) in [6.45, 7) is 2.15. The topological polar surface area (TPSA) is 66.0 Å². The number of aryl methyl sites for hydroxylation is 1. The Morgan fingerprint density at radius 2 is 1.71 bits per heavy atom. The van der Waals surface area contributed by atoms with Crippen LogP contribution in [0.2, 0.25) is 5.02 Å². The molecule has 2 heterocycles. The van der Waals surface area contributed by atoms with Crippen LogP contribution in [0.25, 0.3) is 11.1 Å². The summed E-state index contributed by atoms with van der Waals surface area (Å²) in [6.07, 6.45) is 4.63. The molecule has 0 radical (unpaired) electrons. The van der Waals surface area contributed by atoms with Gasteiger partial charge >= 0.3 is 6.03 Å². The number of benzene rings is 2. The fourth-order valence-electron chi connectivity index (χ4n) is 3.19. The number of carbonyl (C=O) groups excluding carboxylic acids is 1. The van der Waals surface area contributed by atoms with Crippen LogP contribution in [0.1, 0.15) is 12.5 Å². The van der Waals surface area contributed by atoms with Crippen LogP contribution in [0.4, 0.5) is 26.2 Å². The van der Waals surface area contributed by atoms with Gasteiger partial charge < -0.3 is 10.6 Å². The van der Waals surface area contributed by atoms with Crippen LogP contribution in [0.5, 0.6) is 0 Å². The van der Waals surface area contributed by atoms with Gasteiger partial charge in [0.2, 0.25) is 0 Å². The van der Waals surface area contributed by atoms with E-state index in [4.69, 9.17) is 11.6 Å². The number of urea groups is 1. The Morgan fingerprint density at radius 1 is 0.935 bits per heavy atom. The van der Waals surface area contributed by atoms with Crippen molar-refractivity contribution in [3.05, 3.63) is 89.7 Å². The SMILES string of the molecule is CCc1ccccc1-c1cncc(Nc2ccc(NC(=O)Nc3ccc(Cl)cc3)s2)c1. The monoisotopic (exact) mass is 448 g/mol. The first-order chi connectivity index (χ1) is 15.1. The lowest BCUT2D eigenvalue weighted by molar-refractivity contribution is 0.262. The Hall–Kier alpha value is -3.35. The van der Waals surface area contributed by atoms with Crippen LogP contribution in [0.15, 0.2) is 79.1 Å². The first-order valence-corrected chi connectivity index (χ1v) is 11.0. The maximum absolute atomic E-state index is 12.2. The quantitative estimate of drug-likeness (QED) is 0.287. The Labute approximate surface area is 190 Å². The summed E-state index contributed by atoms with van der Waals surface area (Å²) in [6, 6.07) is 20.9. The van der Waals surface area contributed by atoms with E-state index >= 15 is 0 Å². The standard InChI is InChI=1S/C24H21ClN4OS/c1-2-16-5-3-4-6-21(16)17-13-20(15-26-14-17)27-22-11-12-23(31-22)29-24(30)28-19-9-7-18(25)8-10-19/h3-15,27H,2H2,1H3,(H2,28,29,30). The van der Waals surface area contributed by atoms with E-state index in [0.717, 1.165) is 27.7 Å². The average Bonchev–Trinajstić information content (AvgIpc) is 3.22. The Kier molecular flexibility index (Phi) is 6.50. The van der Waals surface area contributed by atoms with Crippen LogP contribution in [0.3, 0.4) is 0 Å². The summed E-state index contributed by atoms with van der Waals surface area (Å²) in [5.74, 6) is 0. The number of pyridine rings is 1. The molecule has 2 aromatic heterocycles. The molecule has 2 amide bonds. The van der Waals surface area contributed by atoms with E-state index in [1.807, 2.05) is 24.4 Å². The molecule has 5 nitrogen and oxygen atoms in total. The van der Waals surface area contributed by atoms with Crippen LogP contribution >= 0.6 is 22.9 Å². The van der Waals surface area contributed by atoms with Gasteiger partial charge in [-0.05, 0) is 60.0 Å². The van der Waals surface area contributed by atoms with Gasteiger partial charge in [-0.2, -0.15) is 0 Å². The Balaban J connectivity index is 1.42. The van der Waals surface area contributed by atoms with Gasteiger partial charge in [0.15, 0.2) is 0 Å². The number of nitrogens with zero attached hydrogens (tertiary/aromatic N) is 1. The molecule has 31 heavy (non-hydrogen) atoms. The van der Waals surface area contributed by atoms with Crippen LogP contribution in [-0.2, 0) is 6.42 Å². The minimum absolute atomic E-state index is 0.310. The van der Waals surface area contributed by atoms with Gasteiger partial charge in [0.25, 0.3) is 0 Å². The summed E-state index contributed by atoms with van der Waals surface area (Å²) in [4.78, 5) is 16.6. The number of carbonyl (C=O) groups is 1. The summed E-state index contributed by atoms with van der Waals surface area (Å²) >= 11 is 7.32. The normalized spacial score (nSPS) is 10.5. The zero-order valence-corrected chi connectivity index (χ0v) is 18.4. The minimum atomic E-state index is -0.310. The number of thiophene rings is 1. The number of rotatable bonds is 6. The lowest BCUT2D eigenvalue weighted by Crippen LogP contribution is -2.18. The number of hydrogen-bond donors (Lipinski definition) is 3. The van der Waals surface area contributed by atoms with Gasteiger partial charge in [-0.1, -0.05) is 42.8 Å². The predicted octanol–water partition coefficient (Wildman–Crippen LogP) is 7.41. The van der Waals surface area contributed by atoms with E-state index in [9.17, 15) is 4.79 Å². The molecule has 0 aliphatic rings. The van der Waals surface area contributed by atoms with E-state index in [2.05, 4.69) is 52.1 Å². The molecule has 4 aromatic rings. The first kappa shape index (κ1) is 20.9. The third-order valence-electron chi connectivity index (χ3n) is 4.66. The Morgan fingerprint density at radius 3 is 2.52 bits per heavy atom. The summed E-state index contributed by atoms with van der Waals surface area (Å²) in [7, 11) is 0. The molecule has 0 unspecified atom stereocenters. The zero-order chi connectivity index (χ0) is 21.6. The van der Waals surface area contributed by atoms with Crippen molar-refractivity contribution in [3.63, 3.8) is 0 Å². The number of nitrogens with one attached hydrogen (secondary N) is 3. The lowest BCUT2D eigenvalue weighted by Gasteiger charge is -2.10. The van der Waals surface area contributed by atoms with Gasteiger partial charge in [0.1, 0.15) is 0 Å². The number of anilines is 4. The molecule has 0 aliphatic carbocycles. The highest BCUT2D eigenvalue weighted by Gasteiger charge is 2.08.